The third kappa shape index (κ3) is 7.63. The van der Waals surface area contributed by atoms with Gasteiger partial charge in [0.1, 0.15) is 36.4 Å². The Morgan fingerprint density at radius 2 is 1.61 bits per heavy atom. The molecule has 1 heterocycles. The van der Waals surface area contributed by atoms with Gasteiger partial charge in [-0.05, 0) is 46.9 Å². The molecular formula is C25H26N4O5S2. The van der Waals surface area contributed by atoms with E-state index in [9.17, 15) is 18.5 Å². The Hall–Kier alpha value is -3.75. The lowest BCUT2D eigenvalue weighted by Gasteiger charge is -2.19. The Bertz CT molecular complexity index is 1380. The monoisotopic (exact) mass is 526 g/mol. The molecule has 1 aromatic heterocycles. The zero-order chi connectivity index (χ0) is 26.3. The van der Waals surface area contributed by atoms with Gasteiger partial charge in [-0.15, -0.1) is 0 Å². The van der Waals surface area contributed by atoms with Crippen molar-refractivity contribution in [1.82, 2.24) is 9.36 Å². The highest BCUT2D eigenvalue weighted by Crippen LogP contribution is 2.24. The summed E-state index contributed by atoms with van der Waals surface area (Å²) in [5, 5.41) is 11.4. The van der Waals surface area contributed by atoms with Crippen molar-refractivity contribution in [3.8, 4) is 17.6 Å². The van der Waals surface area contributed by atoms with Gasteiger partial charge in [0, 0.05) is 17.8 Å². The van der Waals surface area contributed by atoms with Crippen molar-refractivity contribution in [1.29, 1.82) is 5.26 Å². The van der Waals surface area contributed by atoms with Crippen molar-refractivity contribution in [2.45, 2.75) is 31.3 Å². The van der Waals surface area contributed by atoms with E-state index >= 15 is 0 Å². The van der Waals surface area contributed by atoms with E-state index < -0.39 is 15.7 Å². The lowest BCUT2D eigenvalue weighted by Crippen LogP contribution is -2.13. The molecule has 188 valence electrons. The van der Waals surface area contributed by atoms with E-state index in [0.29, 0.717) is 36.1 Å². The maximum Gasteiger partial charge on any atom is 0.268 e. The van der Waals surface area contributed by atoms with Crippen molar-refractivity contribution in [2.24, 2.45) is 0 Å². The van der Waals surface area contributed by atoms with Crippen LogP contribution in [-0.4, -0.2) is 43.2 Å². The Morgan fingerprint density at radius 1 is 1.06 bits per heavy atom. The summed E-state index contributed by atoms with van der Waals surface area (Å²) in [4.78, 5) is 16.1. The summed E-state index contributed by atoms with van der Waals surface area (Å²) in [7, 11) is -3.59. The van der Waals surface area contributed by atoms with Crippen LogP contribution >= 0.6 is 11.5 Å². The van der Waals surface area contributed by atoms with Crippen LogP contribution in [-0.2, 0) is 20.0 Å². The van der Waals surface area contributed by atoms with E-state index in [1.807, 2.05) is 18.2 Å². The first-order valence-corrected chi connectivity index (χ1v) is 13.6. The van der Waals surface area contributed by atoms with E-state index in [2.05, 4.69) is 47.6 Å². The van der Waals surface area contributed by atoms with Gasteiger partial charge in [-0.3, -0.25) is 10.1 Å². The molecule has 0 bridgehead atoms. The van der Waals surface area contributed by atoms with Crippen molar-refractivity contribution in [2.75, 3.05) is 24.8 Å². The largest absolute Gasteiger partial charge is 0.490 e. The predicted octanol–water partition coefficient (Wildman–Crippen LogP) is 4.24. The van der Waals surface area contributed by atoms with Crippen LogP contribution in [0.4, 0.5) is 5.13 Å². The Kier molecular flexibility index (Phi) is 8.45. The van der Waals surface area contributed by atoms with Crippen LogP contribution in [0.3, 0.4) is 0 Å². The van der Waals surface area contributed by atoms with Gasteiger partial charge in [-0.2, -0.15) is 14.6 Å². The molecule has 0 saturated carbocycles. The lowest BCUT2D eigenvalue weighted by molar-refractivity contribution is -0.112. The molecule has 1 N–H and O–H groups in total. The number of hydrogen-bond acceptors (Lipinski definition) is 9. The molecule has 0 atom stereocenters. The third-order valence-corrected chi connectivity index (χ3v) is 6.45. The molecule has 0 aliphatic rings. The number of amides is 1. The highest BCUT2D eigenvalue weighted by molar-refractivity contribution is 7.90. The number of ether oxygens (including phenoxy) is 2. The van der Waals surface area contributed by atoms with Gasteiger partial charge in [0.05, 0.1) is 0 Å². The maximum atomic E-state index is 12.4. The molecule has 0 spiro atoms. The van der Waals surface area contributed by atoms with E-state index in [4.69, 9.17) is 9.47 Å². The van der Waals surface area contributed by atoms with E-state index in [0.717, 1.165) is 12.0 Å². The number of carbonyl (C=O) groups is 1. The molecule has 3 aromatic rings. The number of sulfone groups is 1. The van der Waals surface area contributed by atoms with Crippen LogP contribution in [0.15, 0.2) is 59.3 Å². The molecule has 0 aliphatic carbocycles. The van der Waals surface area contributed by atoms with Crippen LogP contribution in [0.1, 0.15) is 31.9 Å². The van der Waals surface area contributed by atoms with Gasteiger partial charge in [-0.1, -0.05) is 45.0 Å². The second kappa shape index (κ2) is 11.3. The summed E-state index contributed by atoms with van der Waals surface area (Å²) in [6.07, 6.45) is 2.37. The molecule has 9 nitrogen and oxygen atoms in total. The summed E-state index contributed by atoms with van der Waals surface area (Å²) >= 11 is 0.715. The lowest BCUT2D eigenvalue weighted by atomic mass is 9.87. The first-order valence-electron chi connectivity index (χ1n) is 10.9. The normalized spacial score (nSPS) is 12.0. The van der Waals surface area contributed by atoms with E-state index in [1.165, 1.54) is 11.6 Å². The third-order valence-electron chi connectivity index (χ3n) is 4.86. The summed E-state index contributed by atoms with van der Waals surface area (Å²) < 4.78 is 38.0. The minimum Gasteiger partial charge on any atom is -0.490 e. The average Bonchev–Trinajstić information content (AvgIpc) is 3.30. The highest BCUT2D eigenvalue weighted by Gasteiger charge is 2.17. The fourth-order valence-corrected chi connectivity index (χ4v) is 4.36. The van der Waals surface area contributed by atoms with Crippen molar-refractivity contribution in [3.05, 3.63) is 65.2 Å². The zero-order valence-electron chi connectivity index (χ0n) is 20.3. The molecule has 0 aliphatic heterocycles. The van der Waals surface area contributed by atoms with E-state index in [-0.39, 0.29) is 21.3 Å². The molecule has 0 radical (unpaired) electrons. The first kappa shape index (κ1) is 26.8. The molecule has 36 heavy (non-hydrogen) atoms. The van der Waals surface area contributed by atoms with Crippen molar-refractivity contribution in [3.63, 3.8) is 0 Å². The molecule has 2 aromatic carbocycles. The van der Waals surface area contributed by atoms with Crippen molar-refractivity contribution < 1.29 is 22.7 Å². The standard InChI is InChI=1S/C25H26N4O5S2/c1-25(2,3)19-7-11-21(12-8-19)34-14-13-33-20-9-5-17(6-10-20)15-18(16-26)22(30)27-23-28-24(29-35-23)36(4,31)32/h5-12,15H,13-14H2,1-4H3,(H,27,28,29,30)/b18-15-. The first-order chi connectivity index (χ1) is 17.0. The second-order valence-electron chi connectivity index (χ2n) is 8.82. The number of rotatable bonds is 9. The molecule has 3 rings (SSSR count). The second-order valence-corrected chi connectivity index (χ2v) is 11.5. The Labute approximate surface area is 214 Å². The quantitative estimate of drug-likeness (QED) is 0.249. The summed E-state index contributed by atoms with van der Waals surface area (Å²) in [5.41, 5.74) is 1.76. The van der Waals surface area contributed by atoms with Crippen LogP contribution in [0.2, 0.25) is 0 Å². The Balaban J connectivity index is 1.51. The van der Waals surface area contributed by atoms with Gasteiger partial charge in [0.2, 0.25) is 15.0 Å². The van der Waals surface area contributed by atoms with Crippen LogP contribution in [0.25, 0.3) is 6.08 Å². The maximum absolute atomic E-state index is 12.4. The zero-order valence-corrected chi connectivity index (χ0v) is 21.9. The fourth-order valence-electron chi connectivity index (χ4n) is 2.92. The number of aromatic nitrogens is 2. The van der Waals surface area contributed by atoms with Crippen molar-refractivity contribution >= 4 is 38.5 Å². The number of nitrogens with zero attached hydrogens (tertiary/aromatic N) is 3. The number of anilines is 1. The minimum atomic E-state index is -3.59. The predicted molar refractivity (Wildman–Crippen MR) is 138 cm³/mol. The van der Waals surface area contributed by atoms with E-state index in [1.54, 1.807) is 24.3 Å². The molecule has 1 amide bonds. The van der Waals surface area contributed by atoms with Crippen LogP contribution in [0.5, 0.6) is 11.5 Å². The number of nitrogens with one attached hydrogen (secondary N) is 1. The average molecular weight is 527 g/mol. The smallest absolute Gasteiger partial charge is 0.268 e. The van der Waals surface area contributed by atoms with Gasteiger partial charge in [-0.25, -0.2) is 8.42 Å². The number of benzene rings is 2. The molecule has 0 fully saturated rings. The SMILES string of the molecule is CC(C)(C)c1ccc(OCCOc2ccc(/C=C(/C#N)C(=O)Nc3nc(S(C)(=O)=O)ns3)cc2)cc1. The summed E-state index contributed by atoms with van der Waals surface area (Å²) in [6.45, 7) is 7.20. The summed E-state index contributed by atoms with van der Waals surface area (Å²) in [6, 6.07) is 16.7. The highest BCUT2D eigenvalue weighted by atomic mass is 32.2. The number of hydrogen-bond donors (Lipinski definition) is 1. The molecule has 0 saturated heterocycles. The molecule has 11 heteroatoms. The fraction of sp³-hybridized carbons (Fsp3) is 0.280. The van der Waals surface area contributed by atoms with Gasteiger partial charge < -0.3 is 9.47 Å². The minimum absolute atomic E-state index is 0.0160. The summed E-state index contributed by atoms with van der Waals surface area (Å²) in [5.74, 6) is 0.668. The van der Waals surface area contributed by atoms with Crippen LogP contribution in [0, 0.1) is 11.3 Å². The molecular weight excluding hydrogens is 500 g/mol. The van der Waals surface area contributed by atoms with Gasteiger partial charge >= 0.3 is 0 Å². The number of carbonyl (C=O) groups excluding carboxylic acids is 1. The molecule has 0 unspecified atom stereocenters. The van der Waals surface area contributed by atoms with Gasteiger partial charge in [0.15, 0.2) is 0 Å². The Morgan fingerprint density at radius 3 is 2.08 bits per heavy atom. The topological polar surface area (TPSA) is 131 Å². The van der Waals surface area contributed by atoms with Crippen LogP contribution < -0.4 is 14.8 Å². The van der Waals surface area contributed by atoms with Gasteiger partial charge in [0.25, 0.3) is 11.1 Å². The number of nitriles is 1.